The van der Waals surface area contributed by atoms with Crippen molar-refractivity contribution in [3.05, 3.63) is 59.7 Å². The Bertz CT molecular complexity index is 885. The standard InChI is InChI=1S/C25H33N3O3/c1-19-10-11-23-22(16-19)28(17-20(2)31-23)25(30)13-12-24(29)26-14-7-15-27(3)18-21-8-5-4-6-9-21/h4-6,8-11,16,20H,7,12-15,17-18H2,1-3H3,(H,26,29)/t20-/m1/s1. The second-order valence-electron chi connectivity index (χ2n) is 8.33. The van der Waals surface area contributed by atoms with Crippen molar-refractivity contribution in [1.29, 1.82) is 0 Å². The summed E-state index contributed by atoms with van der Waals surface area (Å²) in [4.78, 5) is 29.0. The van der Waals surface area contributed by atoms with Crippen LogP contribution in [0, 0.1) is 6.92 Å². The summed E-state index contributed by atoms with van der Waals surface area (Å²) >= 11 is 0. The summed E-state index contributed by atoms with van der Waals surface area (Å²) < 4.78 is 5.84. The summed E-state index contributed by atoms with van der Waals surface area (Å²) in [5.41, 5.74) is 3.15. The maximum absolute atomic E-state index is 12.8. The molecule has 0 saturated carbocycles. The van der Waals surface area contributed by atoms with Crippen LogP contribution in [0.4, 0.5) is 5.69 Å². The largest absolute Gasteiger partial charge is 0.487 e. The number of hydrogen-bond acceptors (Lipinski definition) is 4. The number of amides is 2. The van der Waals surface area contributed by atoms with Crippen molar-refractivity contribution in [3.63, 3.8) is 0 Å². The molecule has 6 heteroatoms. The first-order valence-corrected chi connectivity index (χ1v) is 11.0. The number of fused-ring (bicyclic) bond motifs is 1. The van der Waals surface area contributed by atoms with Crippen LogP contribution < -0.4 is 15.0 Å². The van der Waals surface area contributed by atoms with Gasteiger partial charge in [-0.05, 0) is 57.1 Å². The first-order valence-electron chi connectivity index (χ1n) is 11.0. The number of rotatable bonds is 9. The van der Waals surface area contributed by atoms with E-state index in [4.69, 9.17) is 4.74 Å². The number of hydrogen-bond donors (Lipinski definition) is 1. The molecule has 166 valence electrons. The van der Waals surface area contributed by atoms with E-state index in [9.17, 15) is 9.59 Å². The zero-order chi connectivity index (χ0) is 22.2. The fourth-order valence-electron chi connectivity index (χ4n) is 3.78. The maximum atomic E-state index is 12.8. The highest BCUT2D eigenvalue weighted by Gasteiger charge is 2.27. The van der Waals surface area contributed by atoms with Crippen LogP contribution in [0.1, 0.15) is 37.3 Å². The summed E-state index contributed by atoms with van der Waals surface area (Å²) in [5, 5.41) is 2.94. The molecule has 0 aliphatic carbocycles. The van der Waals surface area contributed by atoms with Gasteiger partial charge in [0, 0.05) is 25.9 Å². The topological polar surface area (TPSA) is 61.9 Å². The van der Waals surface area contributed by atoms with Crippen LogP contribution in [0.25, 0.3) is 0 Å². The Balaban J connectivity index is 1.38. The van der Waals surface area contributed by atoms with Gasteiger partial charge >= 0.3 is 0 Å². The fraction of sp³-hybridized carbons (Fsp3) is 0.440. The highest BCUT2D eigenvalue weighted by molar-refractivity contribution is 5.97. The van der Waals surface area contributed by atoms with Crippen LogP contribution >= 0.6 is 0 Å². The Morgan fingerprint density at radius 2 is 1.94 bits per heavy atom. The summed E-state index contributed by atoms with van der Waals surface area (Å²) in [6, 6.07) is 16.2. The number of carbonyl (C=O) groups excluding carboxylic acids is 2. The second-order valence-corrected chi connectivity index (χ2v) is 8.33. The Morgan fingerprint density at radius 1 is 1.16 bits per heavy atom. The molecule has 1 aliphatic heterocycles. The van der Waals surface area contributed by atoms with Crippen LogP contribution in [0.15, 0.2) is 48.5 Å². The molecule has 0 spiro atoms. The quantitative estimate of drug-likeness (QED) is 0.627. The van der Waals surface area contributed by atoms with Gasteiger partial charge in [-0.25, -0.2) is 0 Å². The van der Waals surface area contributed by atoms with Gasteiger partial charge in [-0.2, -0.15) is 0 Å². The lowest BCUT2D eigenvalue weighted by molar-refractivity contribution is -0.125. The van der Waals surface area contributed by atoms with Gasteiger partial charge in [0.05, 0.1) is 12.2 Å². The number of ether oxygens (including phenoxy) is 1. The van der Waals surface area contributed by atoms with Gasteiger partial charge in [0.25, 0.3) is 0 Å². The molecule has 0 fully saturated rings. The first-order chi connectivity index (χ1) is 14.9. The molecule has 1 atom stereocenters. The molecular formula is C25H33N3O3. The lowest BCUT2D eigenvalue weighted by atomic mass is 10.1. The summed E-state index contributed by atoms with van der Waals surface area (Å²) in [7, 11) is 2.08. The number of aryl methyl sites for hydroxylation is 1. The Kier molecular flexibility index (Phi) is 8.06. The predicted molar refractivity (Wildman–Crippen MR) is 123 cm³/mol. The third-order valence-electron chi connectivity index (χ3n) is 5.37. The van der Waals surface area contributed by atoms with Crippen LogP contribution in [-0.2, 0) is 16.1 Å². The lowest BCUT2D eigenvalue weighted by Crippen LogP contribution is -2.42. The van der Waals surface area contributed by atoms with Crippen molar-refractivity contribution in [1.82, 2.24) is 10.2 Å². The van der Waals surface area contributed by atoms with Crippen molar-refractivity contribution in [2.24, 2.45) is 0 Å². The third-order valence-corrected chi connectivity index (χ3v) is 5.37. The highest BCUT2D eigenvalue weighted by Crippen LogP contribution is 2.34. The smallest absolute Gasteiger partial charge is 0.227 e. The molecule has 2 aromatic rings. The zero-order valence-corrected chi connectivity index (χ0v) is 18.8. The van der Waals surface area contributed by atoms with Crippen molar-refractivity contribution in [2.75, 3.05) is 31.6 Å². The average Bonchev–Trinajstić information content (AvgIpc) is 2.75. The first kappa shape index (κ1) is 22.8. The van der Waals surface area contributed by atoms with Crippen LogP contribution in [-0.4, -0.2) is 49.5 Å². The van der Waals surface area contributed by atoms with E-state index in [1.54, 1.807) is 4.90 Å². The summed E-state index contributed by atoms with van der Waals surface area (Å²) in [5.74, 6) is 0.603. The number of benzene rings is 2. The fourth-order valence-corrected chi connectivity index (χ4v) is 3.78. The molecule has 0 saturated heterocycles. The van der Waals surface area contributed by atoms with E-state index >= 15 is 0 Å². The van der Waals surface area contributed by atoms with E-state index in [1.807, 2.05) is 50.2 Å². The minimum atomic E-state index is -0.0789. The Hall–Kier alpha value is -2.86. The molecule has 31 heavy (non-hydrogen) atoms. The van der Waals surface area contributed by atoms with Crippen molar-refractivity contribution >= 4 is 17.5 Å². The molecule has 1 N–H and O–H groups in total. The zero-order valence-electron chi connectivity index (χ0n) is 18.8. The van der Waals surface area contributed by atoms with Crippen LogP contribution in [0.3, 0.4) is 0 Å². The van der Waals surface area contributed by atoms with Gasteiger partial charge < -0.3 is 19.9 Å². The van der Waals surface area contributed by atoms with Gasteiger partial charge in [-0.1, -0.05) is 36.4 Å². The van der Waals surface area contributed by atoms with Gasteiger partial charge in [-0.15, -0.1) is 0 Å². The normalized spacial score (nSPS) is 15.4. The van der Waals surface area contributed by atoms with E-state index in [0.29, 0.717) is 13.1 Å². The lowest BCUT2D eigenvalue weighted by Gasteiger charge is -2.33. The minimum absolute atomic E-state index is 0.0419. The molecule has 0 bridgehead atoms. The molecule has 1 heterocycles. The van der Waals surface area contributed by atoms with Gasteiger partial charge in [0.15, 0.2) is 0 Å². The number of nitrogens with zero attached hydrogens (tertiary/aromatic N) is 2. The molecule has 6 nitrogen and oxygen atoms in total. The molecule has 0 unspecified atom stereocenters. The molecule has 3 rings (SSSR count). The van der Waals surface area contributed by atoms with E-state index < -0.39 is 0 Å². The van der Waals surface area contributed by atoms with E-state index in [-0.39, 0.29) is 30.8 Å². The minimum Gasteiger partial charge on any atom is -0.487 e. The third kappa shape index (κ3) is 6.82. The van der Waals surface area contributed by atoms with Gasteiger partial charge in [0.1, 0.15) is 11.9 Å². The molecule has 0 aromatic heterocycles. The van der Waals surface area contributed by atoms with E-state index in [0.717, 1.165) is 36.5 Å². The van der Waals surface area contributed by atoms with E-state index in [1.165, 1.54) is 5.56 Å². The van der Waals surface area contributed by atoms with Crippen LogP contribution in [0.2, 0.25) is 0 Å². The van der Waals surface area contributed by atoms with Gasteiger partial charge in [-0.3, -0.25) is 9.59 Å². The Morgan fingerprint density at radius 3 is 2.71 bits per heavy atom. The number of anilines is 1. The van der Waals surface area contributed by atoms with Crippen molar-refractivity contribution in [2.45, 2.75) is 45.8 Å². The maximum Gasteiger partial charge on any atom is 0.227 e. The number of carbonyl (C=O) groups is 2. The molecule has 2 aromatic carbocycles. The van der Waals surface area contributed by atoms with Crippen LogP contribution in [0.5, 0.6) is 5.75 Å². The predicted octanol–water partition coefficient (Wildman–Crippen LogP) is 3.53. The summed E-state index contributed by atoms with van der Waals surface area (Å²) in [6.45, 7) is 6.85. The van der Waals surface area contributed by atoms with Crippen molar-refractivity contribution in [3.8, 4) is 5.75 Å². The molecule has 2 amide bonds. The summed E-state index contributed by atoms with van der Waals surface area (Å²) in [6.07, 6.45) is 1.20. The Labute approximate surface area is 185 Å². The van der Waals surface area contributed by atoms with Gasteiger partial charge in [0.2, 0.25) is 11.8 Å². The van der Waals surface area contributed by atoms with Crippen molar-refractivity contribution < 1.29 is 14.3 Å². The molecular weight excluding hydrogens is 390 g/mol. The highest BCUT2D eigenvalue weighted by atomic mass is 16.5. The number of nitrogens with one attached hydrogen (secondary N) is 1. The van der Waals surface area contributed by atoms with E-state index in [2.05, 4.69) is 29.4 Å². The molecule has 1 aliphatic rings. The SMILES string of the molecule is Cc1ccc2c(c1)N(C(=O)CCC(=O)NCCCN(C)Cc1ccccc1)C[C@@H](C)O2. The average molecular weight is 424 g/mol. The monoisotopic (exact) mass is 423 g/mol. The molecule has 0 radical (unpaired) electrons. The second kappa shape index (κ2) is 11.0.